The monoisotopic (exact) mass is 264 g/mol. The first-order chi connectivity index (χ1) is 4.90. The van der Waals surface area contributed by atoms with Crippen LogP contribution in [-0.2, 0) is 0 Å². The van der Waals surface area contributed by atoms with Gasteiger partial charge in [-0.25, -0.2) is 0 Å². The van der Waals surface area contributed by atoms with Gasteiger partial charge in [0.15, 0.2) is 0 Å². The quantitative estimate of drug-likeness (QED) is 0.548. The van der Waals surface area contributed by atoms with E-state index in [2.05, 4.69) is 11.0 Å². The van der Waals surface area contributed by atoms with Crippen molar-refractivity contribution in [3.8, 4) is 0 Å². The van der Waals surface area contributed by atoms with Gasteiger partial charge in [0.05, 0.1) is 0 Å². The summed E-state index contributed by atoms with van der Waals surface area (Å²) in [7, 11) is 0. The molecule has 0 bridgehead atoms. The third-order valence-corrected chi connectivity index (χ3v) is 6.58. The molecule has 0 saturated carbocycles. The summed E-state index contributed by atoms with van der Waals surface area (Å²) in [6.07, 6.45) is 0.988. The van der Waals surface area contributed by atoms with Crippen molar-refractivity contribution in [3.05, 3.63) is 21.5 Å². The fourth-order valence-electron chi connectivity index (χ4n) is 0.843. The number of fused-ring (bicyclic) bond motifs is 1. The zero-order valence-corrected chi connectivity index (χ0v) is 8.46. The van der Waals surface area contributed by atoms with Crippen LogP contribution in [0.15, 0.2) is 17.1 Å². The third kappa shape index (κ3) is 0.958. The number of carbonyl (C=O) groups excluding carboxylic acids is 1. The standard InChI is InChI=1S/C7H4OSe2/c8-4-6-3-5-1-2-9-7(5)10-6/h1-4H. The molecule has 50 valence electrons. The molecule has 10 heavy (non-hydrogen) atoms. The first-order valence-electron chi connectivity index (χ1n) is 2.82. The molecule has 0 aliphatic rings. The normalized spacial score (nSPS) is 10.4. The molecule has 0 aliphatic heterocycles. The Morgan fingerprint density at radius 1 is 1.50 bits per heavy atom. The molecule has 2 aromatic rings. The van der Waals surface area contributed by atoms with Crippen LogP contribution >= 0.6 is 0 Å². The van der Waals surface area contributed by atoms with Crippen LogP contribution in [0.2, 0.25) is 0 Å². The van der Waals surface area contributed by atoms with Gasteiger partial charge >= 0.3 is 70.1 Å². The molecule has 0 unspecified atom stereocenters. The number of aldehydes is 1. The molecule has 0 amide bonds. The summed E-state index contributed by atoms with van der Waals surface area (Å²) in [5.74, 6) is 0. The van der Waals surface area contributed by atoms with Gasteiger partial charge in [-0.1, -0.05) is 0 Å². The van der Waals surface area contributed by atoms with Crippen molar-refractivity contribution in [2.45, 2.75) is 0 Å². The summed E-state index contributed by atoms with van der Waals surface area (Å²) >= 11 is 0.942. The Labute approximate surface area is 70.2 Å². The van der Waals surface area contributed by atoms with Crippen molar-refractivity contribution in [1.29, 1.82) is 0 Å². The molecule has 0 spiro atoms. The van der Waals surface area contributed by atoms with Crippen molar-refractivity contribution in [2.75, 3.05) is 0 Å². The first-order valence-corrected chi connectivity index (χ1v) is 6.38. The molecule has 1 nitrogen and oxygen atoms in total. The minimum absolute atomic E-state index is 0.376. The molecule has 0 atom stereocenters. The number of hydrogen-bond acceptors (Lipinski definition) is 1. The molecule has 3 heteroatoms. The van der Waals surface area contributed by atoms with Crippen molar-refractivity contribution in [1.82, 2.24) is 0 Å². The van der Waals surface area contributed by atoms with E-state index in [0.717, 1.165) is 10.7 Å². The second kappa shape index (κ2) is 2.52. The molecule has 0 aliphatic carbocycles. The number of carbonyl (C=O) groups is 1. The van der Waals surface area contributed by atoms with Gasteiger partial charge in [-0.3, -0.25) is 0 Å². The summed E-state index contributed by atoms with van der Waals surface area (Å²) < 4.78 is 2.53. The van der Waals surface area contributed by atoms with E-state index in [1.165, 1.54) is 8.52 Å². The van der Waals surface area contributed by atoms with Gasteiger partial charge in [0.1, 0.15) is 0 Å². The Kier molecular flexibility index (Phi) is 1.67. The van der Waals surface area contributed by atoms with Crippen LogP contribution in [-0.4, -0.2) is 35.3 Å². The molecule has 2 rings (SSSR count). The van der Waals surface area contributed by atoms with Crippen LogP contribution in [0, 0.1) is 0 Å². The molecular formula is C7H4OSe2. The van der Waals surface area contributed by atoms with Gasteiger partial charge in [-0.15, -0.1) is 0 Å². The summed E-state index contributed by atoms with van der Waals surface area (Å²) in [5, 5.41) is 1.32. The Balaban J connectivity index is 2.78. The second-order valence-corrected chi connectivity index (χ2v) is 7.44. The van der Waals surface area contributed by atoms with Crippen LogP contribution in [0.1, 0.15) is 9.23 Å². The predicted octanol–water partition coefficient (Wildman–Crippen LogP) is 0.766. The Hall–Kier alpha value is -0.0710. The second-order valence-electron chi connectivity index (χ2n) is 1.93. The molecule has 2 aromatic heterocycles. The van der Waals surface area contributed by atoms with E-state index in [0.29, 0.717) is 29.0 Å². The fraction of sp³-hybridized carbons (Fsp3) is 0. The van der Waals surface area contributed by atoms with E-state index in [-0.39, 0.29) is 0 Å². The molecule has 2 heterocycles. The number of rotatable bonds is 1. The topological polar surface area (TPSA) is 17.1 Å². The van der Waals surface area contributed by atoms with E-state index >= 15 is 0 Å². The van der Waals surface area contributed by atoms with Gasteiger partial charge in [0.2, 0.25) is 0 Å². The van der Waals surface area contributed by atoms with E-state index in [1.54, 1.807) is 0 Å². The maximum atomic E-state index is 10.3. The predicted molar refractivity (Wildman–Crippen MR) is 43.2 cm³/mol. The zero-order chi connectivity index (χ0) is 6.97. The van der Waals surface area contributed by atoms with Crippen LogP contribution in [0.3, 0.4) is 0 Å². The van der Waals surface area contributed by atoms with Gasteiger partial charge in [0, 0.05) is 0 Å². The molecule has 0 saturated heterocycles. The third-order valence-electron chi connectivity index (χ3n) is 1.28. The van der Waals surface area contributed by atoms with Crippen molar-refractivity contribution in [3.63, 3.8) is 0 Å². The molecule has 0 radical (unpaired) electrons. The minimum atomic E-state index is 0.376. The summed E-state index contributed by atoms with van der Waals surface area (Å²) in [6, 6.07) is 4.15. The Bertz CT molecular complexity index is 330. The summed E-state index contributed by atoms with van der Waals surface area (Å²) in [5.41, 5.74) is 0. The van der Waals surface area contributed by atoms with E-state index in [4.69, 9.17) is 0 Å². The SMILES string of the molecule is O=Cc1cc2cc[se]c2[se]1. The Morgan fingerprint density at radius 3 is 3.10 bits per heavy atom. The van der Waals surface area contributed by atoms with Crippen molar-refractivity contribution in [2.24, 2.45) is 0 Å². The molecular weight excluding hydrogens is 258 g/mol. The van der Waals surface area contributed by atoms with E-state index in [1.807, 2.05) is 6.07 Å². The maximum absolute atomic E-state index is 10.3. The van der Waals surface area contributed by atoms with Crippen LogP contribution in [0.5, 0.6) is 0 Å². The first kappa shape index (κ1) is 6.63. The average molecular weight is 262 g/mol. The fourth-order valence-corrected chi connectivity index (χ4v) is 5.84. The molecule has 0 fully saturated rings. The zero-order valence-electron chi connectivity index (χ0n) is 5.03. The Morgan fingerprint density at radius 2 is 2.40 bits per heavy atom. The van der Waals surface area contributed by atoms with Crippen molar-refractivity contribution < 1.29 is 4.79 Å². The summed E-state index contributed by atoms with van der Waals surface area (Å²) in [6.45, 7) is 0. The van der Waals surface area contributed by atoms with Gasteiger partial charge in [-0.05, 0) is 0 Å². The van der Waals surface area contributed by atoms with E-state index in [9.17, 15) is 4.79 Å². The molecule has 0 N–H and O–H groups in total. The van der Waals surface area contributed by atoms with Gasteiger partial charge in [-0.2, -0.15) is 0 Å². The molecule has 0 aromatic carbocycles. The summed E-state index contributed by atoms with van der Waals surface area (Å²) in [4.78, 5) is 12.6. The van der Waals surface area contributed by atoms with Crippen LogP contribution in [0.25, 0.3) is 8.52 Å². The van der Waals surface area contributed by atoms with Gasteiger partial charge < -0.3 is 0 Å². The van der Waals surface area contributed by atoms with Crippen molar-refractivity contribution >= 4 is 43.8 Å². The van der Waals surface area contributed by atoms with Crippen LogP contribution < -0.4 is 0 Å². The average Bonchev–Trinajstić information content (AvgIpc) is 2.42. The van der Waals surface area contributed by atoms with Crippen LogP contribution in [0.4, 0.5) is 0 Å². The number of hydrogen-bond donors (Lipinski definition) is 0. The van der Waals surface area contributed by atoms with E-state index < -0.39 is 0 Å². The van der Waals surface area contributed by atoms with Gasteiger partial charge in [0.25, 0.3) is 0 Å².